The normalized spacial score (nSPS) is 17.2. The fourth-order valence-corrected chi connectivity index (χ4v) is 4.37. The molecule has 1 aliphatic heterocycles. The van der Waals surface area contributed by atoms with Gasteiger partial charge in [0.25, 0.3) is 11.7 Å². The second kappa shape index (κ2) is 11.0. The molecule has 0 spiro atoms. The molecule has 0 radical (unpaired) electrons. The smallest absolute Gasteiger partial charge is 0.295 e. The average molecular weight is 514 g/mol. The number of halogens is 2. The molecule has 9 heteroatoms. The molecule has 1 N–H and O–H groups in total. The molecule has 1 fully saturated rings. The lowest BCUT2D eigenvalue weighted by atomic mass is 9.95. The topological polar surface area (TPSA) is 84.7 Å². The number of aliphatic hydroxyl groups excluding tert-OH is 1. The summed E-state index contributed by atoms with van der Waals surface area (Å²) >= 11 is 12.4. The van der Waals surface area contributed by atoms with Gasteiger partial charge in [-0.15, -0.1) is 0 Å². The molecule has 35 heavy (non-hydrogen) atoms. The van der Waals surface area contributed by atoms with Crippen LogP contribution in [0.5, 0.6) is 5.75 Å². The number of imidazole rings is 1. The summed E-state index contributed by atoms with van der Waals surface area (Å²) in [5, 5.41) is 11.8. The van der Waals surface area contributed by atoms with Gasteiger partial charge in [0.15, 0.2) is 0 Å². The van der Waals surface area contributed by atoms with Crippen LogP contribution in [0.4, 0.5) is 0 Å². The van der Waals surface area contributed by atoms with E-state index in [2.05, 4.69) is 4.98 Å². The van der Waals surface area contributed by atoms with E-state index in [1.54, 1.807) is 55.0 Å². The Morgan fingerprint density at radius 3 is 2.51 bits per heavy atom. The molecule has 1 atom stereocenters. The number of likely N-dealkylation sites (tertiary alicyclic amines) is 1. The van der Waals surface area contributed by atoms with Gasteiger partial charge in [0.05, 0.1) is 34.6 Å². The molecular formula is C26H25Cl2N3O4. The third-order valence-electron chi connectivity index (χ3n) is 5.77. The van der Waals surface area contributed by atoms with Crippen molar-refractivity contribution in [2.75, 3.05) is 13.2 Å². The first kappa shape index (κ1) is 24.8. The Morgan fingerprint density at radius 2 is 1.86 bits per heavy atom. The largest absolute Gasteiger partial charge is 0.507 e. The van der Waals surface area contributed by atoms with Crippen molar-refractivity contribution >= 4 is 40.7 Å². The van der Waals surface area contributed by atoms with Gasteiger partial charge in [-0.25, -0.2) is 4.98 Å². The third kappa shape index (κ3) is 5.36. The van der Waals surface area contributed by atoms with Crippen molar-refractivity contribution in [3.8, 4) is 5.75 Å². The SMILES string of the molecule is CCCOc1ccc(C(O)=C2C(=O)C(=O)N(CCCn3ccnc3)[C@@H]2c2ccc(Cl)c(Cl)c2)cc1. The van der Waals surface area contributed by atoms with Crippen LogP contribution in [-0.4, -0.2) is 44.4 Å². The van der Waals surface area contributed by atoms with E-state index < -0.39 is 17.7 Å². The predicted octanol–water partition coefficient (Wildman–Crippen LogP) is 5.49. The Bertz CT molecular complexity index is 1240. The summed E-state index contributed by atoms with van der Waals surface area (Å²) in [6.07, 6.45) is 6.66. The molecule has 2 heterocycles. The summed E-state index contributed by atoms with van der Waals surface area (Å²) < 4.78 is 7.50. The molecular weight excluding hydrogens is 489 g/mol. The van der Waals surface area contributed by atoms with Gasteiger partial charge >= 0.3 is 0 Å². The Morgan fingerprint density at radius 1 is 1.09 bits per heavy atom. The molecule has 0 bridgehead atoms. The number of rotatable bonds is 9. The Balaban J connectivity index is 1.70. The van der Waals surface area contributed by atoms with E-state index >= 15 is 0 Å². The molecule has 0 unspecified atom stereocenters. The van der Waals surface area contributed by atoms with Crippen molar-refractivity contribution in [2.24, 2.45) is 0 Å². The molecule has 182 valence electrons. The summed E-state index contributed by atoms with van der Waals surface area (Å²) in [5.74, 6) is -1.01. The molecule has 2 aromatic carbocycles. The summed E-state index contributed by atoms with van der Waals surface area (Å²) in [4.78, 5) is 31.7. The van der Waals surface area contributed by atoms with Crippen molar-refractivity contribution in [1.82, 2.24) is 14.5 Å². The standard InChI is InChI=1S/C26H25Cl2N3O4/c1-2-14-35-19-7-4-17(5-8-19)24(32)22-23(18-6-9-20(27)21(28)15-18)31(26(34)25(22)33)12-3-11-30-13-10-29-16-30/h4-10,13,15-16,23,32H,2-3,11-12,14H2,1H3/t23-/m1/s1. The lowest BCUT2D eigenvalue weighted by molar-refractivity contribution is -0.139. The van der Waals surface area contributed by atoms with E-state index in [1.165, 1.54) is 4.90 Å². The number of hydrogen-bond acceptors (Lipinski definition) is 5. The highest BCUT2D eigenvalue weighted by Crippen LogP contribution is 2.41. The van der Waals surface area contributed by atoms with Crippen LogP contribution in [0.2, 0.25) is 10.0 Å². The van der Waals surface area contributed by atoms with E-state index in [-0.39, 0.29) is 11.3 Å². The molecule has 7 nitrogen and oxygen atoms in total. The van der Waals surface area contributed by atoms with Crippen LogP contribution in [0, 0.1) is 0 Å². The number of aryl methyl sites for hydroxylation is 1. The minimum absolute atomic E-state index is 0.0123. The van der Waals surface area contributed by atoms with Gasteiger partial charge in [0, 0.05) is 31.0 Å². The first-order valence-corrected chi connectivity index (χ1v) is 12.1. The minimum atomic E-state index is -0.802. The van der Waals surface area contributed by atoms with Gasteiger partial charge in [0.2, 0.25) is 0 Å². The van der Waals surface area contributed by atoms with Crippen LogP contribution in [-0.2, 0) is 16.1 Å². The quantitative estimate of drug-likeness (QED) is 0.232. The number of hydrogen-bond donors (Lipinski definition) is 1. The number of amides is 1. The van der Waals surface area contributed by atoms with Crippen molar-refractivity contribution in [2.45, 2.75) is 32.4 Å². The van der Waals surface area contributed by atoms with Crippen molar-refractivity contribution in [3.63, 3.8) is 0 Å². The zero-order valence-electron chi connectivity index (χ0n) is 19.2. The zero-order chi connectivity index (χ0) is 24.9. The Hall–Kier alpha value is -3.29. The third-order valence-corrected chi connectivity index (χ3v) is 6.51. The number of ether oxygens (including phenoxy) is 1. The monoisotopic (exact) mass is 513 g/mol. The highest BCUT2D eigenvalue weighted by atomic mass is 35.5. The lowest BCUT2D eigenvalue weighted by Crippen LogP contribution is -2.31. The van der Waals surface area contributed by atoms with E-state index in [0.717, 1.165) is 6.42 Å². The van der Waals surface area contributed by atoms with Gasteiger partial charge in [-0.1, -0.05) is 36.2 Å². The van der Waals surface area contributed by atoms with E-state index in [9.17, 15) is 14.7 Å². The first-order valence-electron chi connectivity index (χ1n) is 11.3. The summed E-state index contributed by atoms with van der Waals surface area (Å²) in [7, 11) is 0. The second-order valence-electron chi connectivity index (χ2n) is 8.19. The van der Waals surface area contributed by atoms with Crippen LogP contribution in [0.25, 0.3) is 5.76 Å². The van der Waals surface area contributed by atoms with Crippen LogP contribution < -0.4 is 4.74 Å². The van der Waals surface area contributed by atoms with E-state index in [0.29, 0.717) is 53.0 Å². The molecule has 1 aliphatic rings. The number of aromatic nitrogens is 2. The summed E-state index contributed by atoms with van der Waals surface area (Å²) in [6, 6.07) is 10.9. The van der Waals surface area contributed by atoms with Crippen LogP contribution in [0.3, 0.4) is 0 Å². The number of Topliss-reactive ketones (excluding diaryl/α,β-unsaturated/α-hetero) is 1. The predicted molar refractivity (Wildman–Crippen MR) is 135 cm³/mol. The summed E-state index contributed by atoms with van der Waals surface area (Å²) in [5.41, 5.74) is 1.01. The average Bonchev–Trinajstić information content (AvgIpc) is 3.47. The van der Waals surface area contributed by atoms with Gasteiger partial charge in [-0.3, -0.25) is 9.59 Å². The van der Waals surface area contributed by atoms with Crippen molar-refractivity contribution in [3.05, 3.63) is 87.9 Å². The van der Waals surface area contributed by atoms with E-state index in [4.69, 9.17) is 27.9 Å². The molecule has 0 aliphatic carbocycles. The number of carbonyl (C=O) groups excluding carboxylic acids is 2. The fraction of sp³-hybridized carbons (Fsp3) is 0.269. The lowest BCUT2D eigenvalue weighted by Gasteiger charge is -2.25. The maximum absolute atomic E-state index is 13.2. The number of nitrogens with zero attached hydrogens (tertiary/aromatic N) is 3. The van der Waals surface area contributed by atoms with Gasteiger partial charge in [0.1, 0.15) is 11.5 Å². The van der Waals surface area contributed by atoms with Gasteiger partial charge in [-0.05, 0) is 54.8 Å². The molecule has 1 saturated heterocycles. The minimum Gasteiger partial charge on any atom is -0.507 e. The second-order valence-corrected chi connectivity index (χ2v) is 9.01. The fourth-order valence-electron chi connectivity index (χ4n) is 4.07. The van der Waals surface area contributed by atoms with Gasteiger partial charge in [-0.2, -0.15) is 0 Å². The first-order chi connectivity index (χ1) is 16.9. The van der Waals surface area contributed by atoms with Crippen LogP contribution >= 0.6 is 23.2 Å². The molecule has 1 amide bonds. The Labute approximate surface area is 213 Å². The number of carbonyl (C=O) groups is 2. The molecule has 4 rings (SSSR count). The van der Waals surface area contributed by atoms with Crippen molar-refractivity contribution in [1.29, 1.82) is 0 Å². The maximum atomic E-state index is 13.2. The van der Waals surface area contributed by atoms with Crippen LogP contribution in [0.1, 0.15) is 36.9 Å². The molecule has 0 saturated carbocycles. The summed E-state index contributed by atoms with van der Waals surface area (Å²) in [6.45, 7) is 3.51. The number of ketones is 1. The maximum Gasteiger partial charge on any atom is 0.295 e. The molecule has 1 aromatic heterocycles. The van der Waals surface area contributed by atoms with Crippen molar-refractivity contribution < 1.29 is 19.4 Å². The van der Waals surface area contributed by atoms with Crippen LogP contribution in [0.15, 0.2) is 66.8 Å². The Kier molecular flexibility index (Phi) is 7.78. The zero-order valence-corrected chi connectivity index (χ0v) is 20.7. The number of aliphatic hydroxyl groups is 1. The highest BCUT2D eigenvalue weighted by Gasteiger charge is 2.45. The molecule has 3 aromatic rings. The van der Waals surface area contributed by atoms with Gasteiger partial charge < -0.3 is 19.3 Å². The van der Waals surface area contributed by atoms with E-state index in [1.807, 2.05) is 17.7 Å². The number of benzene rings is 2. The highest BCUT2D eigenvalue weighted by molar-refractivity contribution is 6.46.